The van der Waals surface area contributed by atoms with E-state index in [4.69, 9.17) is 9.16 Å². The fourth-order valence-corrected chi connectivity index (χ4v) is 11.1. The molecule has 0 saturated carbocycles. The number of piperidine rings is 1. The minimum Gasteiger partial charge on any atom is -0.443 e. The lowest BCUT2D eigenvalue weighted by Crippen LogP contribution is -2.67. The number of benzene rings is 4. The fraction of sp³-hybridized carbons (Fsp3) is 0.333. The summed E-state index contributed by atoms with van der Waals surface area (Å²) in [6.45, 7) is 12.4. The molecule has 1 fully saturated rings. The SMILES string of the molecule is CC(C)(C)OC(=O)N1C(=O)C[C@H](c2ccc(-c3ccccc3)cc2)C[C@H]1CO[Si](c1ccccc1)(c1ccccc1)C(C)(C)C. The maximum atomic E-state index is 13.8. The molecule has 1 aliphatic rings. The van der Waals surface area contributed by atoms with Crippen LogP contribution < -0.4 is 10.4 Å². The van der Waals surface area contributed by atoms with Gasteiger partial charge >= 0.3 is 6.09 Å². The van der Waals surface area contributed by atoms with Crippen molar-refractivity contribution < 1.29 is 18.8 Å². The number of hydrogen-bond donors (Lipinski definition) is 0. The van der Waals surface area contributed by atoms with E-state index in [1.54, 1.807) is 0 Å². The molecule has 2 atom stereocenters. The summed E-state index contributed by atoms with van der Waals surface area (Å²) in [4.78, 5) is 28.8. The average molecular weight is 620 g/mol. The Balaban J connectivity index is 1.51. The zero-order chi connectivity index (χ0) is 32.2. The lowest BCUT2D eigenvalue weighted by Gasteiger charge is -2.45. The maximum Gasteiger partial charge on any atom is 0.417 e. The molecule has 4 aromatic carbocycles. The predicted octanol–water partition coefficient (Wildman–Crippen LogP) is 7.94. The van der Waals surface area contributed by atoms with Crippen molar-refractivity contribution in [2.24, 2.45) is 0 Å². The molecule has 0 bridgehead atoms. The second-order valence-electron chi connectivity index (χ2n) is 14.0. The van der Waals surface area contributed by atoms with E-state index in [0.717, 1.165) is 27.1 Å². The van der Waals surface area contributed by atoms with Crippen molar-refractivity contribution in [3.63, 3.8) is 0 Å². The Labute approximate surface area is 269 Å². The Hall–Kier alpha value is -4.00. The Bertz CT molecular complexity index is 1540. The number of nitrogens with zero attached hydrogens (tertiary/aromatic N) is 1. The summed E-state index contributed by atoms with van der Waals surface area (Å²) in [5, 5.41) is 2.07. The molecule has 0 unspecified atom stereocenters. The van der Waals surface area contributed by atoms with Crippen molar-refractivity contribution in [3.8, 4) is 11.1 Å². The lowest BCUT2D eigenvalue weighted by atomic mass is 9.84. The molecule has 0 spiro atoms. The van der Waals surface area contributed by atoms with Gasteiger partial charge in [0.2, 0.25) is 5.91 Å². The van der Waals surface area contributed by atoms with Gasteiger partial charge < -0.3 is 9.16 Å². The van der Waals surface area contributed by atoms with E-state index in [1.807, 2.05) is 51.1 Å². The standard InChI is InChI=1S/C39H45NO4Si/c1-38(2,3)44-37(42)40-33(26-32(27-36(40)41)31-24-22-30(23-25-31)29-16-10-7-11-17-29)28-43-45(39(4,5)6,34-18-12-8-13-19-34)35-20-14-9-15-21-35/h7-25,32-33H,26-28H2,1-6H3/t32-,33+/m1/s1. The van der Waals surface area contributed by atoms with Gasteiger partial charge in [-0.05, 0) is 65.2 Å². The largest absolute Gasteiger partial charge is 0.443 e. The van der Waals surface area contributed by atoms with Crippen LogP contribution in [0.2, 0.25) is 5.04 Å². The van der Waals surface area contributed by atoms with Gasteiger partial charge in [0.25, 0.3) is 8.32 Å². The van der Waals surface area contributed by atoms with Crippen LogP contribution >= 0.6 is 0 Å². The topological polar surface area (TPSA) is 55.8 Å². The van der Waals surface area contributed by atoms with Crippen LogP contribution in [-0.4, -0.2) is 43.5 Å². The third-order valence-corrected chi connectivity index (χ3v) is 13.6. The average Bonchev–Trinajstić information content (AvgIpc) is 3.01. The summed E-state index contributed by atoms with van der Waals surface area (Å²) in [5.41, 5.74) is 2.63. The number of carbonyl (C=O) groups excluding carboxylic acids is 2. The van der Waals surface area contributed by atoms with E-state index < -0.39 is 26.1 Å². The second-order valence-corrected chi connectivity index (χ2v) is 18.3. The van der Waals surface area contributed by atoms with Gasteiger partial charge in [-0.15, -0.1) is 0 Å². The van der Waals surface area contributed by atoms with Crippen molar-refractivity contribution >= 4 is 30.7 Å². The van der Waals surface area contributed by atoms with Gasteiger partial charge in [-0.2, -0.15) is 0 Å². The molecular formula is C39H45NO4Si. The summed E-state index contributed by atoms with van der Waals surface area (Å²) in [6.07, 6.45) is 0.217. The van der Waals surface area contributed by atoms with Crippen LogP contribution in [0, 0.1) is 0 Å². The first-order chi connectivity index (χ1) is 21.4. The number of rotatable bonds is 7. The van der Waals surface area contributed by atoms with E-state index in [-0.39, 0.29) is 29.9 Å². The second kappa shape index (κ2) is 13.2. The van der Waals surface area contributed by atoms with E-state index in [9.17, 15) is 9.59 Å². The predicted molar refractivity (Wildman–Crippen MR) is 184 cm³/mol. The lowest BCUT2D eigenvalue weighted by molar-refractivity contribution is -0.136. The highest BCUT2D eigenvalue weighted by Gasteiger charge is 2.51. The number of likely N-dealkylation sites (tertiary alicyclic amines) is 1. The molecule has 0 N–H and O–H groups in total. The highest BCUT2D eigenvalue weighted by Crippen LogP contribution is 2.39. The molecule has 0 aliphatic carbocycles. The van der Waals surface area contributed by atoms with E-state index in [0.29, 0.717) is 6.42 Å². The Morgan fingerprint density at radius 1 is 0.733 bits per heavy atom. The van der Waals surface area contributed by atoms with Crippen LogP contribution in [-0.2, 0) is 14.0 Å². The van der Waals surface area contributed by atoms with Crippen molar-refractivity contribution in [2.45, 2.75) is 77.0 Å². The highest BCUT2D eigenvalue weighted by molar-refractivity contribution is 6.99. The normalized spacial score (nSPS) is 17.6. The molecule has 45 heavy (non-hydrogen) atoms. The first-order valence-electron chi connectivity index (χ1n) is 15.8. The zero-order valence-corrected chi connectivity index (χ0v) is 28.3. The Morgan fingerprint density at radius 3 is 1.71 bits per heavy atom. The van der Waals surface area contributed by atoms with Crippen LogP contribution in [0.5, 0.6) is 0 Å². The smallest absolute Gasteiger partial charge is 0.417 e. The summed E-state index contributed by atoms with van der Waals surface area (Å²) in [5.74, 6) is -0.280. The van der Waals surface area contributed by atoms with Gasteiger partial charge in [0.15, 0.2) is 0 Å². The quantitative estimate of drug-likeness (QED) is 0.197. The molecule has 234 valence electrons. The summed E-state index contributed by atoms with van der Waals surface area (Å²) >= 11 is 0. The van der Waals surface area contributed by atoms with Gasteiger partial charge in [-0.3, -0.25) is 4.79 Å². The molecule has 0 aromatic heterocycles. The number of amides is 2. The van der Waals surface area contributed by atoms with E-state index in [2.05, 4.69) is 106 Å². The van der Waals surface area contributed by atoms with Crippen molar-refractivity contribution in [1.29, 1.82) is 0 Å². The van der Waals surface area contributed by atoms with Gasteiger partial charge in [-0.1, -0.05) is 136 Å². The number of ether oxygens (including phenoxy) is 1. The molecule has 4 aromatic rings. The van der Waals surface area contributed by atoms with Crippen molar-refractivity contribution in [1.82, 2.24) is 4.90 Å². The monoisotopic (exact) mass is 619 g/mol. The molecule has 2 amide bonds. The summed E-state index contributed by atoms with van der Waals surface area (Å²) < 4.78 is 13.0. The van der Waals surface area contributed by atoms with Crippen LogP contribution in [0.4, 0.5) is 4.79 Å². The summed E-state index contributed by atoms with van der Waals surface area (Å²) in [7, 11) is -2.90. The molecule has 1 aliphatic heterocycles. The highest BCUT2D eigenvalue weighted by atomic mass is 28.4. The molecule has 5 nitrogen and oxygen atoms in total. The van der Waals surface area contributed by atoms with Crippen LogP contribution in [0.15, 0.2) is 115 Å². The molecule has 6 heteroatoms. The number of carbonyl (C=O) groups is 2. The van der Waals surface area contributed by atoms with Gasteiger partial charge in [-0.25, -0.2) is 9.69 Å². The number of imide groups is 1. The molecule has 5 rings (SSSR count). The van der Waals surface area contributed by atoms with E-state index in [1.165, 1.54) is 4.90 Å². The molecule has 1 heterocycles. The van der Waals surface area contributed by atoms with Gasteiger partial charge in [0.1, 0.15) is 5.60 Å². The molecular weight excluding hydrogens is 575 g/mol. The Morgan fingerprint density at radius 2 is 1.22 bits per heavy atom. The first-order valence-corrected chi connectivity index (χ1v) is 17.8. The van der Waals surface area contributed by atoms with Crippen LogP contribution in [0.25, 0.3) is 11.1 Å². The minimum absolute atomic E-state index is 0.0474. The first kappa shape index (κ1) is 32.4. The van der Waals surface area contributed by atoms with Crippen molar-refractivity contribution in [3.05, 3.63) is 121 Å². The third kappa shape index (κ3) is 7.13. The number of hydrogen-bond acceptors (Lipinski definition) is 4. The van der Waals surface area contributed by atoms with Crippen LogP contribution in [0.1, 0.15) is 65.9 Å². The van der Waals surface area contributed by atoms with Crippen LogP contribution in [0.3, 0.4) is 0 Å². The fourth-order valence-electron chi connectivity index (χ4n) is 6.55. The van der Waals surface area contributed by atoms with E-state index >= 15 is 0 Å². The summed E-state index contributed by atoms with van der Waals surface area (Å²) in [6, 6.07) is 39.1. The maximum absolute atomic E-state index is 13.8. The Kier molecular flexibility index (Phi) is 9.47. The molecule has 1 saturated heterocycles. The third-order valence-electron chi connectivity index (χ3n) is 8.60. The molecule has 0 radical (unpaired) electrons. The van der Waals surface area contributed by atoms with Gasteiger partial charge in [0, 0.05) is 6.42 Å². The van der Waals surface area contributed by atoms with Crippen molar-refractivity contribution in [2.75, 3.05) is 6.61 Å². The zero-order valence-electron chi connectivity index (χ0n) is 27.3. The van der Waals surface area contributed by atoms with Gasteiger partial charge in [0.05, 0.1) is 12.6 Å². The minimum atomic E-state index is -2.90.